The maximum atomic E-state index is 14.2. The number of carbonyl (C=O) groups is 2. The van der Waals surface area contributed by atoms with Crippen molar-refractivity contribution in [3.05, 3.63) is 94.0 Å². The van der Waals surface area contributed by atoms with Crippen molar-refractivity contribution in [2.75, 3.05) is 18.0 Å². The quantitative estimate of drug-likeness (QED) is 0.352. The smallest absolute Gasteiger partial charge is 0.252 e. The lowest BCUT2D eigenvalue weighted by atomic mass is 10.0. The molecular formula is C29H29Cl2N3O4S. The van der Waals surface area contributed by atoms with Gasteiger partial charge in [-0.1, -0.05) is 71.2 Å². The molecule has 0 aliphatic carbocycles. The van der Waals surface area contributed by atoms with Crippen molar-refractivity contribution in [3.63, 3.8) is 0 Å². The molecule has 1 unspecified atom stereocenters. The fourth-order valence-electron chi connectivity index (χ4n) is 5.36. The number of halogens is 2. The van der Waals surface area contributed by atoms with Crippen LogP contribution in [-0.2, 0) is 26.2 Å². The van der Waals surface area contributed by atoms with Gasteiger partial charge in [-0.25, -0.2) is 13.3 Å². The van der Waals surface area contributed by atoms with Crippen molar-refractivity contribution in [1.29, 1.82) is 0 Å². The molecule has 3 aromatic rings. The number of benzene rings is 3. The molecule has 0 bridgehead atoms. The maximum absolute atomic E-state index is 14.2. The Bertz CT molecular complexity index is 1470. The van der Waals surface area contributed by atoms with Crippen LogP contribution in [-0.4, -0.2) is 54.6 Å². The first-order chi connectivity index (χ1) is 18.6. The number of hydrogen-bond acceptors (Lipinski definition) is 5. The largest absolute Gasteiger partial charge is 0.299 e. The van der Waals surface area contributed by atoms with Gasteiger partial charge in [0.15, 0.2) is 0 Å². The molecular weight excluding hydrogens is 557 g/mol. The topological polar surface area (TPSA) is 78.0 Å². The first kappa shape index (κ1) is 27.8. The lowest BCUT2D eigenvalue weighted by molar-refractivity contribution is -0.122. The van der Waals surface area contributed by atoms with Crippen molar-refractivity contribution in [2.45, 2.75) is 49.7 Å². The van der Waals surface area contributed by atoms with Crippen molar-refractivity contribution >= 4 is 50.7 Å². The van der Waals surface area contributed by atoms with Gasteiger partial charge < -0.3 is 0 Å². The molecule has 204 valence electrons. The molecule has 2 heterocycles. The van der Waals surface area contributed by atoms with Crippen molar-refractivity contribution in [3.8, 4) is 0 Å². The molecule has 0 saturated carbocycles. The highest BCUT2D eigenvalue weighted by Crippen LogP contribution is 2.36. The summed E-state index contributed by atoms with van der Waals surface area (Å²) in [6, 6.07) is 19.7. The number of carbonyl (C=O) groups excluding carboxylic acids is 2. The fraction of sp³-hybridized carbons (Fsp3) is 0.310. The molecule has 0 radical (unpaired) electrons. The number of anilines is 1. The second kappa shape index (κ2) is 11.4. The zero-order valence-corrected chi connectivity index (χ0v) is 23.8. The Hall–Kier alpha value is -2.75. The summed E-state index contributed by atoms with van der Waals surface area (Å²) in [6.07, 6.45) is 0.772. The minimum Gasteiger partial charge on any atom is -0.299 e. The number of aryl methyl sites for hydroxylation is 1. The second-order valence-electron chi connectivity index (χ2n) is 10.0. The predicted molar refractivity (Wildman–Crippen MR) is 152 cm³/mol. The van der Waals surface area contributed by atoms with Gasteiger partial charge in [-0.05, 0) is 55.7 Å². The van der Waals surface area contributed by atoms with Crippen LogP contribution in [0.25, 0.3) is 0 Å². The average Bonchev–Trinajstić information content (AvgIpc) is 3.20. The Balaban J connectivity index is 1.47. The summed E-state index contributed by atoms with van der Waals surface area (Å²) in [6.45, 7) is 3.95. The molecule has 0 spiro atoms. The van der Waals surface area contributed by atoms with Gasteiger partial charge in [0.25, 0.3) is 5.91 Å². The maximum Gasteiger partial charge on any atom is 0.252 e. The van der Waals surface area contributed by atoms with E-state index in [0.717, 1.165) is 17.0 Å². The van der Waals surface area contributed by atoms with E-state index in [2.05, 4.69) is 17.0 Å². The van der Waals surface area contributed by atoms with E-state index in [1.165, 1.54) is 28.1 Å². The van der Waals surface area contributed by atoms with Crippen molar-refractivity contribution in [1.82, 2.24) is 9.21 Å². The van der Waals surface area contributed by atoms with Crippen LogP contribution >= 0.6 is 23.2 Å². The summed E-state index contributed by atoms with van der Waals surface area (Å²) >= 11 is 12.5. The lowest BCUT2D eigenvalue weighted by Crippen LogP contribution is -2.53. The number of hydrogen-bond donors (Lipinski definition) is 0. The van der Waals surface area contributed by atoms with Gasteiger partial charge in [-0.3, -0.25) is 14.5 Å². The summed E-state index contributed by atoms with van der Waals surface area (Å²) in [5, 5.41) is 0.226. The van der Waals surface area contributed by atoms with Crippen LogP contribution in [0, 0.1) is 6.92 Å². The van der Waals surface area contributed by atoms with E-state index in [-0.39, 0.29) is 21.4 Å². The van der Waals surface area contributed by atoms with Gasteiger partial charge in [0.05, 0.1) is 17.1 Å². The molecule has 0 N–H and O–H groups in total. The third-order valence-electron chi connectivity index (χ3n) is 7.34. The molecule has 5 rings (SSSR count). The Kier molecular flexibility index (Phi) is 8.12. The Labute approximate surface area is 239 Å². The molecule has 7 nitrogen and oxygen atoms in total. The zero-order valence-electron chi connectivity index (χ0n) is 21.5. The number of imide groups is 1. The fourth-order valence-corrected chi connectivity index (χ4v) is 7.93. The van der Waals surface area contributed by atoms with Crippen LogP contribution in [0.2, 0.25) is 10.0 Å². The van der Waals surface area contributed by atoms with Crippen LogP contribution in [0.15, 0.2) is 77.7 Å². The van der Waals surface area contributed by atoms with Gasteiger partial charge >= 0.3 is 0 Å². The summed E-state index contributed by atoms with van der Waals surface area (Å²) < 4.78 is 29.6. The van der Waals surface area contributed by atoms with Crippen LogP contribution in [0.4, 0.5) is 5.69 Å². The normalized spacial score (nSPS) is 19.3. The molecule has 2 aliphatic heterocycles. The number of amides is 2. The zero-order chi connectivity index (χ0) is 27.7. The highest BCUT2D eigenvalue weighted by Gasteiger charge is 2.50. The van der Waals surface area contributed by atoms with Crippen LogP contribution in [0.3, 0.4) is 0 Å². The van der Waals surface area contributed by atoms with Gasteiger partial charge in [0, 0.05) is 30.7 Å². The first-order valence-electron chi connectivity index (χ1n) is 12.8. The predicted octanol–water partition coefficient (Wildman–Crippen LogP) is 5.29. The van der Waals surface area contributed by atoms with Gasteiger partial charge in [-0.15, -0.1) is 0 Å². The second-order valence-corrected chi connectivity index (χ2v) is 12.7. The molecule has 0 aromatic heterocycles. The molecule has 10 heteroatoms. The lowest BCUT2D eigenvalue weighted by Gasteiger charge is -2.39. The van der Waals surface area contributed by atoms with E-state index in [1.54, 1.807) is 12.1 Å². The van der Waals surface area contributed by atoms with Gasteiger partial charge in [0.1, 0.15) is 10.9 Å². The molecule has 2 amide bonds. The molecule has 39 heavy (non-hydrogen) atoms. The third kappa shape index (κ3) is 5.76. The minimum atomic E-state index is -4.28. The number of piperidine rings is 1. The molecule has 1 atom stereocenters. The van der Waals surface area contributed by atoms with E-state index in [4.69, 9.17) is 23.2 Å². The SMILES string of the molecule is Cc1ccc(N2C(=O)CC(N(C3CCN(Cc4ccccc4)CC3)S(=O)(=O)c3cc(Cl)ccc3Cl)C2=O)cc1. The Morgan fingerprint density at radius 1 is 0.923 bits per heavy atom. The van der Waals surface area contributed by atoms with Crippen LogP contribution in [0.5, 0.6) is 0 Å². The summed E-state index contributed by atoms with van der Waals surface area (Å²) in [5.41, 5.74) is 2.59. The van der Waals surface area contributed by atoms with Crippen molar-refractivity contribution in [2.24, 2.45) is 0 Å². The average molecular weight is 587 g/mol. The Morgan fingerprint density at radius 2 is 1.59 bits per heavy atom. The number of nitrogens with zero attached hydrogens (tertiary/aromatic N) is 3. The number of rotatable bonds is 7. The van der Waals surface area contributed by atoms with E-state index >= 15 is 0 Å². The minimum absolute atomic E-state index is 0.0121. The van der Waals surface area contributed by atoms with Gasteiger partial charge in [-0.2, -0.15) is 4.31 Å². The standard InChI is InChI=1S/C29H29Cl2N3O4S/c1-20-7-10-23(11-8-20)33-28(35)18-26(29(33)36)34(39(37,38)27-17-22(30)9-12-25(27)31)24-13-15-32(16-14-24)19-21-5-3-2-4-6-21/h2-12,17,24,26H,13-16,18-19H2,1H3. The summed E-state index contributed by atoms with van der Waals surface area (Å²) in [5.74, 6) is -0.995. The summed E-state index contributed by atoms with van der Waals surface area (Å²) in [7, 11) is -4.28. The molecule has 2 fully saturated rings. The van der Waals surface area contributed by atoms with E-state index in [9.17, 15) is 18.0 Å². The van der Waals surface area contributed by atoms with E-state index in [0.29, 0.717) is 31.6 Å². The van der Waals surface area contributed by atoms with E-state index in [1.807, 2.05) is 37.3 Å². The van der Waals surface area contributed by atoms with Crippen LogP contribution < -0.4 is 4.90 Å². The number of likely N-dealkylation sites (tertiary alicyclic amines) is 1. The van der Waals surface area contributed by atoms with Gasteiger partial charge in [0.2, 0.25) is 15.9 Å². The molecule has 2 aliphatic rings. The van der Waals surface area contributed by atoms with Crippen LogP contribution in [0.1, 0.15) is 30.4 Å². The number of sulfonamides is 1. The first-order valence-corrected chi connectivity index (χ1v) is 15.0. The highest BCUT2D eigenvalue weighted by molar-refractivity contribution is 7.89. The van der Waals surface area contributed by atoms with Crippen molar-refractivity contribution < 1.29 is 18.0 Å². The molecule has 3 aromatic carbocycles. The summed E-state index contributed by atoms with van der Waals surface area (Å²) in [4.78, 5) is 30.1. The van der Waals surface area contributed by atoms with E-state index < -0.39 is 33.9 Å². The molecule has 2 saturated heterocycles. The Morgan fingerprint density at radius 3 is 2.26 bits per heavy atom. The highest BCUT2D eigenvalue weighted by atomic mass is 35.5. The third-order valence-corrected chi connectivity index (χ3v) is 10.0. The monoisotopic (exact) mass is 585 g/mol.